The van der Waals surface area contributed by atoms with Crippen LogP contribution in [0.5, 0.6) is 0 Å². The average Bonchev–Trinajstić information content (AvgIpc) is 2.40. The van der Waals surface area contributed by atoms with Crippen molar-refractivity contribution in [2.45, 2.75) is 97.2 Å². The molecule has 3 unspecified atom stereocenters. The molecule has 0 radical (unpaired) electrons. The zero-order valence-corrected chi connectivity index (χ0v) is 12.9. The van der Waals surface area contributed by atoms with Crippen LogP contribution in [0.25, 0.3) is 0 Å². The largest absolute Gasteiger partial charge is 0.378 e. The summed E-state index contributed by atoms with van der Waals surface area (Å²) in [4.78, 5) is 1.49. The molecule has 3 N–H and O–H groups in total. The van der Waals surface area contributed by atoms with Crippen molar-refractivity contribution in [3.8, 4) is 0 Å². The molecule has 4 nitrogen and oxygen atoms in total. The Kier molecular flexibility index (Phi) is 11.6. The van der Waals surface area contributed by atoms with Crippen LogP contribution in [-0.4, -0.2) is 38.9 Å². The van der Waals surface area contributed by atoms with Gasteiger partial charge in [-0.15, -0.1) is 0 Å². The summed E-state index contributed by atoms with van der Waals surface area (Å²) >= 11 is 0. The van der Waals surface area contributed by atoms with Crippen molar-refractivity contribution >= 4 is 0 Å². The molecule has 0 amide bonds. The predicted octanol–water partition coefficient (Wildman–Crippen LogP) is 2.81. The standard InChI is InChI=1S/C15H33NO3/c1-4-7-10-13(17)16(14(18)11-8-5-2)15(19)12-9-6-3/h13-15,17-19H,4-12H2,1-3H3. The molecule has 116 valence electrons. The van der Waals surface area contributed by atoms with Crippen molar-refractivity contribution in [1.29, 1.82) is 0 Å². The Morgan fingerprint density at radius 2 is 0.895 bits per heavy atom. The van der Waals surface area contributed by atoms with Crippen LogP contribution in [0, 0.1) is 0 Å². The van der Waals surface area contributed by atoms with E-state index in [4.69, 9.17) is 0 Å². The van der Waals surface area contributed by atoms with Crippen molar-refractivity contribution in [2.24, 2.45) is 0 Å². The first-order valence-electron chi connectivity index (χ1n) is 7.90. The molecule has 0 aliphatic heterocycles. The molecule has 0 aromatic heterocycles. The van der Waals surface area contributed by atoms with Gasteiger partial charge in [-0.2, -0.15) is 0 Å². The lowest BCUT2D eigenvalue weighted by Crippen LogP contribution is -2.49. The molecule has 0 bridgehead atoms. The maximum absolute atomic E-state index is 10.2. The van der Waals surface area contributed by atoms with E-state index in [-0.39, 0.29) is 0 Å². The lowest BCUT2D eigenvalue weighted by Gasteiger charge is -2.36. The summed E-state index contributed by atoms with van der Waals surface area (Å²) in [6, 6.07) is 0. The minimum absolute atomic E-state index is 0.600. The maximum Gasteiger partial charge on any atom is 0.111 e. The van der Waals surface area contributed by atoms with Crippen LogP contribution >= 0.6 is 0 Å². The zero-order chi connectivity index (χ0) is 14.7. The molecule has 0 saturated heterocycles. The number of hydrogen-bond donors (Lipinski definition) is 3. The Morgan fingerprint density at radius 1 is 0.632 bits per heavy atom. The van der Waals surface area contributed by atoms with Crippen LogP contribution in [0.1, 0.15) is 78.6 Å². The molecule has 0 fully saturated rings. The minimum atomic E-state index is -0.751. The zero-order valence-electron chi connectivity index (χ0n) is 12.9. The van der Waals surface area contributed by atoms with Gasteiger partial charge in [-0.3, -0.25) is 0 Å². The molecule has 3 atom stereocenters. The van der Waals surface area contributed by atoms with E-state index in [1.807, 2.05) is 0 Å². The molecule has 0 aromatic carbocycles. The van der Waals surface area contributed by atoms with Crippen LogP contribution in [-0.2, 0) is 0 Å². The topological polar surface area (TPSA) is 63.9 Å². The van der Waals surface area contributed by atoms with E-state index in [1.165, 1.54) is 4.90 Å². The number of nitrogens with zero attached hydrogens (tertiary/aromatic N) is 1. The molecule has 0 rings (SSSR count). The Hall–Kier alpha value is -0.160. The summed E-state index contributed by atoms with van der Waals surface area (Å²) in [7, 11) is 0. The SMILES string of the molecule is CCCCC(O)N(C(O)CCCC)C(O)CCCC. The van der Waals surface area contributed by atoms with Gasteiger partial charge < -0.3 is 15.3 Å². The summed E-state index contributed by atoms with van der Waals surface area (Å²) in [5.74, 6) is 0. The summed E-state index contributed by atoms with van der Waals surface area (Å²) in [6.07, 6.45) is 5.25. The van der Waals surface area contributed by atoms with E-state index in [0.717, 1.165) is 38.5 Å². The second-order valence-corrected chi connectivity index (χ2v) is 5.32. The number of unbranched alkanes of at least 4 members (excludes halogenated alkanes) is 3. The van der Waals surface area contributed by atoms with E-state index in [1.54, 1.807) is 0 Å². The van der Waals surface area contributed by atoms with Gasteiger partial charge in [0.15, 0.2) is 0 Å². The highest BCUT2D eigenvalue weighted by Gasteiger charge is 2.28. The van der Waals surface area contributed by atoms with Gasteiger partial charge in [-0.05, 0) is 38.5 Å². The summed E-state index contributed by atoms with van der Waals surface area (Å²) in [6.45, 7) is 6.20. The van der Waals surface area contributed by atoms with Gasteiger partial charge in [-0.25, -0.2) is 4.90 Å². The summed E-state index contributed by atoms with van der Waals surface area (Å²) in [5.41, 5.74) is 0. The van der Waals surface area contributed by atoms with E-state index >= 15 is 0 Å². The Balaban J connectivity index is 4.50. The van der Waals surface area contributed by atoms with E-state index < -0.39 is 18.7 Å². The highest BCUT2D eigenvalue weighted by Crippen LogP contribution is 2.18. The average molecular weight is 275 g/mol. The third kappa shape index (κ3) is 7.88. The van der Waals surface area contributed by atoms with Gasteiger partial charge in [-0.1, -0.05) is 40.0 Å². The van der Waals surface area contributed by atoms with E-state index in [0.29, 0.717) is 19.3 Å². The first kappa shape index (κ1) is 18.8. The molecule has 0 aromatic rings. The van der Waals surface area contributed by atoms with Gasteiger partial charge in [0.2, 0.25) is 0 Å². The Bertz CT molecular complexity index is 169. The predicted molar refractivity (Wildman–Crippen MR) is 78.4 cm³/mol. The third-order valence-electron chi connectivity index (χ3n) is 3.48. The van der Waals surface area contributed by atoms with Crippen molar-refractivity contribution in [1.82, 2.24) is 4.90 Å². The first-order chi connectivity index (χ1) is 9.08. The van der Waals surface area contributed by atoms with Crippen LogP contribution in [0.2, 0.25) is 0 Å². The molecule has 4 heteroatoms. The first-order valence-corrected chi connectivity index (χ1v) is 7.90. The lowest BCUT2D eigenvalue weighted by molar-refractivity contribution is -0.184. The van der Waals surface area contributed by atoms with Crippen molar-refractivity contribution in [2.75, 3.05) is 0 Å². The number of aliphatic hydroxyl groups excluding tert-OH is 3. The Morgan fingerprint density at radius 3 is 1.11 bits per heavy atom. The molecule has 0 aliphatic carbocycles. The molecule has 0 heterocycles. The monoisotopic (exact) mass is 275 g/mol. The molecule has 19 heavy (non-hydrogen) atoms. The van der Waals surface area contributed by atoms with E-state index in [2.05, 4.69) is 20.8 Å². The lowest BCUT2D eigenvalue weighted by atomic mass is 10.1. The second-order valence-electron chi connectivity index (χ2n) is 5.32. The highest BCUT2D eigenvalue weighted by molar-refractivity contribution is 4.70. The number of hydrogen-bond acceptors (Lipinski definition) is 4. The summed E-state index contributed by atoms with van der Waals surface area (Å²) < 4.78 is 0. The van der Waals surface area contributed by atoms with Crippen molar-refractivity contribution in [3.05, 3.63) is 0 Å². The van der Waals surface area contributed by atoms with Crippen LogP contribution in [0.4, 0.5) is 0 Å². The number of aliphatic hydroxyl groups is 3. The van der Waals surface area contributed by atoms with Gasteiger partial charge in [0.1, 0.15) is 18.7 Å². The van der Waals surface area contributed by atoms with Gasteiger partial charge >= 0.3 is 0 Å². The molecule has 0 spiro atoms. The normalized spacial score (nSPS) is 16.6. The Labute approximate surface area is 118 Å². The fourth-order valence-corrected chi connectivity index (χ4v) is 2.20. The van der Waals surface area contributed by atoms with Crippen LogP contribution in [0.15, 0.2) is 0 Å². The molecule has 0 saturated carbocycles. The van der Waals surface area contributed by atoms with E-state index in [9.17, 15) is 15.3 Å². The molecule has 0 aliphatic rings. The van der Waals surface area contributed by atoms with Crippen molar-refractivity contribution in [3.63, 3.8) is 0 Å². The highest BCUT2D eigenvalue weighted by atomic mass is 16.4. The fourth-order valence-electron chi connectivity index (χ4n) is 2.20. The molecular formula is C15H33NO3. The smallest absolute Gasteiger partial charge is 0.111 e. The van der Waals surface area contributed by atoms with Gasteiger partial charge in [0.05, 0.1) is 0 Å². The van der Waals surface area contributed by atoms with Crippen LogP contribution < -0.4 is 0 Å². The number of rotatable bonds is 12. The second kappa shape index (κ2) is 11.6. The quantitative estimate of drug-likeness (QED) is 0.479. The molecular weight excluding hydrogens is 242 g/mol. The minimum Gasteiger partial charge on any atom is -0.378 e. The van der Waals surface area contributed by atoms with Crippen LogP contribution in [0.3, 0.4) is 0 Å². The summed E-state index contributed by atoms with van der Waals surface area (Å²) in [5, 5.41) is 30.6. The van der Waals surface area contributed by atoms with Gasteiger partial charge in [0, 0.05) is 0 Å². The fraction of sp³-hybridized carbons (Fsp3) is 1.00. The van der Waals surface area contributed by atoms with Gasteiger partial charge in [0.25, 0.3) is 0 Å². The third-order valence-corrected chi connectivity index (χ3v) is 3.48. The maximum atomic E-state index is 10.2. The van der Waals surface area contributed by atoms with Crippen molar-refractivity contribution < 1.29 is 15.3 Å².